The molecule has 0 amide bonds. The van der Waals surface area contributed by atoms with Gasteiger partial charge in [0.05, 0.1) is 24.2 Å². The Morgan fingerprint density at radius 1 is 1.14 bits per heavy atom. The molecule has 1 aromatic carbocycles. The van der Waals surface area contributed by atoms with Gasteiger partial charge in [-0.2, -0.15) is 0 Å². The smallest absolute Gasteiger partial charge is 0.192 e. The minimum Gasteiger partial charge on any atom is -0.379 e. The highest BCUT2D eigenvalue weighted by atomic mass is 32.2. The number of morpholine rings is 1. The molecule has 0 bridgehead atoms. The lowest BCUT2D eigenvalue weighted by atomic mass is 10.0. The minimum atomic E-state index is -0.459. The molecule has 8 nitrogen and oxygen atoms in total. The van der Waals surface area contributed by atoms with E-state index in [4.69, 9.17) is 4.74 Å². The number of carbonyl (C=O) groups is 2. The molecule has 2 aromatic heterocycles. The maximum atomic E-state index is 13.5. The fourth-order valence-corrected chi connectivity index (χ4v) is 5.33. The van der Waals surface area contributed by atoms with Gasteiger partial charge in [0.25, 0.3) is 0 Å². The number of benzene rings is 1. The molecule has 0 radical (unpaired) electrons. The Bertz CT molecular complexity index is 1210. The lowest BCUT2D eigenvalue weighted by Crippen LogP contribution is -2.38. The van der Waals surface area contributed by atoms with Gasteiger partial charge >= 0.3 is 0 Å². The van der Waals surface area contributed by atoms with Crippen LogP contribution >= 0.6 is 11.8 Å². The number of halogens is 1. The van der Waals surface area contributed by atoms with Crippen LogP contribution < -0.4 is 0 Å². The van der Waals surface area contributed by atoms with E-state index >= 15 is 0 Å². The summed E-state index contributed by atoms with van der Waals surface area (Å²) >= 11 is 1.33. The van der Waals surface area contributed by atoms with Crippen LogP contribution in [-0.4, -0.2) is 74.3 Å². The maximum absolute atomic E-state index is 13.5. The molecular formula is C25H30FN5O3S. The molecule has 1 aliphatic heterocycles. The molecule has 3 aromatic rings. The van der Waals surface area contributed by atoms with E-state index in [1.54, 1.807) is 26.0 Å². The summed E-state index contributed by atoms with van der Waals surface area (Å²) in [6.45, 7) is 11.5. The number of rotatable bonds is 9. The number of nitrogens with zero attached hydrogens (tertiary/aromatic N) is 4. The van der Waals surface area contributed by atoms with E-state index in [0.717, 1.165) is 25.2 Å². The summed E-state index contributed by atoms with van der Waals surface area (Å²) in [7, 11) is 0. The summed E-state index contributed by atoms with van der Waals surface area (Å²) in [5.74, 6) is 0.145. The Hall–Kier alpha value is -2.82. The molecule has 1 unspecified atom stereocenters. The second kappa shape index (κ2) is 10.8. The number of ketones is 2. The van der Waals surface area contributed by atoms with E-state index in [2.05, 4.69) is 20.1 Å². The number of ether oxygens (including phenoxy) is 1. The topological polar surface area (TPSA) is 93.1 Å². The summed E-state index contributed by atoms with van der Waals surface area (Å²) in [5, 5.41) is 8.93. The Kier molecular flexibility index (Phi) is 7.83. The number of H-pyrrole nitrogens is 1. The average Bonchev–Trinajstić information content (AvgIpc) is 3.37. The Labute approximate surface area is 208 Å². The molecule has 4 rings (SSSR count). The van der Waals surface area contributed by atoms with Gasteiger partial charge in [0.2, 0.25) is 0 Å². The predicted octanol–water partition coefficient (Wildman–Crippen LogP) is 3.93. The average molecular weight is 500 g/mol. The number of aromatic amines is 1. The molecular weight excluding hydrogens is 469 g/mol. The van der Waals surface area contributed by atoms with Gasteiger partial charge in [0, 0.05) is 43.0 Å². The number of Topliss-reactive ketones (excluding diaryl/α,β-unsaturated/α-hetero) is 2. The van der Waals surface area contributed by atoms with Crippen molar-refractivity contribution < 1.29 is 18.7 Å². The van der Waals surface area contributed by atoms with Crippen molar-refractivity contribution in [2.45, 2.75) is 44.6 Å². The third kappa shape index (κ3) is 5.55. The minimum absolute atomic E-state index is 0.0672. The van der Waals surface area contributed by atoms with Crippen molar-refractivity contribution in [2.24, 2.45) is 0 Å². The van der Waals surface area contributed by atoms with Gasteiger partial charge in [-0.3, -0.25) is 14.5 Å². The van der Waals surface area contributed by atoms with Crippen molar-refractivity contribution >= 4 is 23.3 Å². The van der Waals surface area contributed by atoms with Crippen molar-refractivity contribution in [3.63, 3.8) is 0 Å². The van der Waals surface area contributed by atoms with Gasteiger partial charge in [-0.25, -0.2) is 4.39 Å². The van der Waals surface area contributed by atoms with Gasteiger partial charge in [0.15, 0.2) is 22.5 Å². The fourth-order valence-electron chi connectivity index (χ4n) is 4.40. The fraction of sp³-hybridized carbons (Fsp3) is 0.440. The SMILES string of the molecule is CC(=O)c1c(C)[nH]c(C(=O)C(C)Sc2nnc(-c3ccc(F)cc3)n2CCN2CCOCC2)c1C. The number of aryl methyl sites for hydroxylation is 1. The Morgan fingerprint density at radius 3 is 2.46 bits per heavy atom. The first kappa shape index (κ1) is 25.3. The molecule has 3 heterocycles. The van der Waals surface area contributed by atoms with E-state index in [-0.39, 0.29) is 17.4 Å². The largest absolute Gasteiger partial charge is 0.379 e. The summed E-state index contributed by atoms with van der Waals surface area (Å²) in [6, 6.07) is 6.17. The van der Waals surface area contributed by atoms with E-state index in [1.165, 1.54) is 30.8 Å². The zero-order valence-corrected chi connectivity index (χ0v) is 21.2. The number of carbonyl (C=O) groups excluding carboxylic acids is 2. The molecule has 1 aliphatic rings. The summed E-state index contributed by atoms with van der Waals surface area (Å²) in [6.07, 6.45) is 0. The van der Waals surface area contributed by atoms with Crippen LogP contribution in [0.15, 0.2) is 29.4 Å². The third-order valence-corrected chi connectivity index (χ3v) is 7.33. The normalized spacial score (nSPS) is 15.3. The quantitative estimate of drug-likeness (QED) is 0.352. The highest BCUT2D eigenvalue weighted by molar-refractivity contribution is 8.00. The van der Waals surface area contributed by atoms with Crippen LogP contribution in [0.2, 0.25) is 0 Å². The first-order valence-corrected chi connectivity index (χ1v) is 12.5. The van der Waals surface area contributed by atoms with E-state index in [0.29, 0.717) is 53.3 Å². The number of nitrogens with one attached hydrogen (secondary N) is 1. The van der Waals surface area contributed by atoms with Gasteiger partial charge in [-0.1, -0.05) is 11.8 Å². The van der Waals surface area contributed by atoms with Crippen LogP contribution in [0.4, 0.5) is 4.39 Å². The molecule has 1 atom stereocenters. The number of hydrogen-bond acceptors (Lipinski definition) is 7. The molecule has 1 saturated heterocycles. The molecule has 186 valence electrons. The van der Waals surface area contributed by atoms with Gasteiger partial charge in [-0.15, -0.1) is 10.2 Å². The lowest BCUT2D eigenvalue weighted by Gasteiger charge is -2.27. The standard InChI is InChI=1S/C25H30FN5O3S/c1-15-21(17(3)32)16(2)27-22(15)23(33)18(4)35-25-29-28-24(19-5-7-20(26)8-6-19)31(25)10-9-30-11-13-34-14-12-30/h5-8,18,27H,9-14H2,1-4H3. The van der Waals surface area contributed by atoms with Crippen LogP contribution in [0.5, 0.6) is 0 Å². The Balaban J connectivity index is 1.59. The van der Waals surface area contributed by atoms with Gasteiger partial charge in [-0.05, 0) is 57.5 Å². The van der Waals surface area contributed by atoms with Gasteiger partial charge < -0.3 is 14.3 Å². The molecule has 35 heavy (non-hydrogen) atoms. The summed E-state index contributed by atoms with van der Waals surface area (Å²) in [5.41, 5.74) is 3.15. The second-order valence-corrected chi connectivity index (χ2v) is 10.0. The first-order chi connectivity index (χ1) is 16.8. The van der Waals surface area contributed by atoms with Crippen molar-refractivity contribution in [1.29, 1.82) is 0 Å². The predicted molar refractivity (Wildman–Crippen MR) is 133 cm³/mol. The molecule has 1 fully saturated rings. The first-order valence-electron chi connectivity index (χ1n) is 11.7. The van der Waals surface area contributed by atoms with Crippen molar-refractivity contribution in [3.8, 4) is 11.4 Å². The zero-order valence-electron chi connectivity index (χ0n) is 20.4. The third-order valence-electron chi connectivity index (χ3n) is 6.25. The van der Waals surface area contributed by atoms with Crippen molar-refractivity contribution in [3.05, 3.63) is 52.6 Å². The second-order valence-electron chi connectivity index (χ2n) is 8.72. The summed E-state index contributed by atoms with van der Waals surface area (Å²) < 4.78 is 20.9. The van der Waals surface area contributed by atoms with Crippen molar-refractivity contribution in [2.75, 3.05) is 32.8 Å². The highest BCUT2D eigenvalue weighted by Gasteiger charge is 2.27. The maximum Gasteiger partial charge on any atom is 0.192 e. The monoisotopic (exact) mass is 499 g/mol. The lowest BCUT2D eigenvalue weighted by molar-refractivity contribution is 0.0361. The van der Waals surface area contributed by atoms with Crippen LogP contribution in [0.1, 0.15) is 46.0 Å². The van der Waals surface area contributed by atoms with Crippen LogP contribution in [0, 0.1) is 19.7 Å². The highest BCUT2D eigenvalue weighted by Crippen LogP contribution is 2.30. The molecule has 1 N–H and O–H groups in total. The zero-order chi connectivity index (χ0) is 25.1. The van der Waals surface area contributed by atoms with Crippen LogP contribution in [0.25, 0.3) is 11.4 Å². The Morgan fingerprint density at radius 2 is 1.83 bits per heavy atom. The molecule has 0 spiro atoms. The van der Waals surface area contributed by atoms with E-state index in [9.17, 15) is 14.0 Å². The van der Waals surface area contributed by atoms with Gasteiger partial charge in [0.1, 0.15) is 5.82 Å². The molecule has 0 aliphatic carbocycles. The summed E-state index contributed by atoms with van der Waals surface area (Å²) in [4.78, 5) is 30.7. The van der Waals surface area contributed by atoms with Crippen molar-refractivity contribution in [1.82, 2.24) is 24.6 Å². The van der Waals surface area contributed by atoms with E-state index < -0.39 is 5.25 Å². The van der Waals surface area contributed by atoms with E-state index in [1.807, 2.05) is 11.5 Å². The number of aromatic nitrogens is 4. The number of hydrogen-bond donors (Lipinski definition) is 1. The number of thioether (sulfide) groups is 1. The molecule has 0 saturated carbocycles. The van der Waals surface area contributed by atoms with Crippen LogP contribution in [0.3, 0.4) is 0 Å². The molecule has 10 heteroatoms. The van der Waals surface area contributed by atoms with Crippen LogP contribution in [-0.2, 0) is 11.3 Å².